The Balaban J connectivity index is 1.40. The summed E-state index contributed by atoms with van der Waals surface area (Å²) in [5.74, 6) is 1.33. The molecule has 1 heterocycles. The largest absolute Gasteiger partial charge is 0.492 e. The molecule has 1 aliphatic heterocycles. The lowest BCUT2D eigenvalue weighted by molar-refractivity contribution is -0.137. The van der Waals surface area contributed by atoms with Crippen molar-refractivity contribution in [1.29, 1.82) is 0 Å². The number of fused-ring (bicyclic) bond motifs is 2. The highest BCUT2D eigenvalue weighted by Gasteiger charge is 2.32. The van der Waals surface area contributed by atoms with Gasteiger partial charge in [0, 0.05) is 28.7 Å². The first-order valence-electron chi connectivity index (χ1n) is 11.1. The summed E-state index contributed by atoms with van der Waals surface area (Å²) >= 11 is 0. The van der Waals surface area contributed by atoms with E-state index in [0.717, 1.165) is 28.0 Å². The molecule has 0 bridgehead atoms. The quantitative estimate of drug-likeness (QED) is 0.483. The smallest absolute Gasteiger partial charge is 0.304 e. The first-order valence-corrected chi connectivity index (χ1v) is 11.1. The van der Waals surface area contributed by atoms with E-state index in [-0.39, 0.29) is 18.2 Å². The van der Waals surface area contributed by atoms with Crippen LogP contribution in [0.3, 0.4) is 0 Å². The fourth-order valence-corrected chi connectivity index (χ4v) is 4.80. The van der Waals surface area contributed by atoms with Crippen LogP contribution in [0.15, 0.2) is 48.5 Å². The van der Waals surface area contributed by atoms with Crippen molar-refractivity contribution in [3.05, 3.63) is 82.2 Å². The molecule has 1 aliphatic carbocycles. The molecular formula is C27H25FO5. The van der Waals surface area contributed by atoms with Crippen molar-refractivity contribution in [3.8, 4) is 23.0 Å². The Morgan fingerprint density at radius 3 is 2.70 bits per heavy atom. The summed E-state index contributed by atoms with van der Waals surface area (Å²) in [7, 11) is 0. The lowest BCUT2D eigenvalue weighted by Crippen LogP contribution is -2.07. The maximum absolute atomic E-state index is 14.9. The zero-order valence-electron chi connectivity index (χ0n) is 18.6. The summed E-state index contributed by atoms with van der Waals surface area (Å²) in [5.41, 5.74) is 4.29. The molecule has 3 aromatic carbocycles. The Morgan fingerprint density at radius 1 is 1.15 bits per heavy atom. The number of hydrogen-bond donors (Lipinski definition) is 1. The number of aryl methyl sites for hydroxylation is 2. The average molecular weight is 448 g/mol. The molecule has 0 saturated carbocycles. The zero-order valence-corrected chi connectivity index (χ0v) is 18.6. The maximum atomic E-state index is 14.9. The van der Waals surface area contributed by atoms with Crippen molar-refractivity contribution in [2.75, 3.05) is 6.61 Å². The van der Waals surface area contributed by atoms with E-state index in [1.54, 1.807) is 18.2 Å². The lowest BCUT2D eigenvalue weighted by atomic mass is 9.98. The molecule has 5 nitrogen and oxygen atoms in total. The zero-order chi connectivity index (χ0) is 23.1. The van der Waals surface area contributed by atoms with Gasteiger partial charge in [-0.3, -0.25) is 4.79 Å². The molecule has 5 rings (SSSR count). The van der Waals surface area contributed by atoms with Crippen LogP contribution in [-0.4, -0.2) is 17.7 Å². The molecule has 0 aromatic heterocycles. The van der Waals surface area contributed by atoms with E-state index >= 15 is 0 Å². The molecule has 0 spiro atoms. The van der Waals surface area contributed by atoms with Gasteiger partial charge in [0.25, 0.3) is 0 Å². The van der Waals surface area contributed by atoms with Gasteiger partial charge in [0.1, 0.15) is 34.9 Å². The number of carboxylic acids is 1. The third kappa shape index (κ3) is 4.01. The van der Waals surface area contributed by atoms with Crippen molar-refractivity contribution in [2.24, 2.45) is 0 Å². The van der Waals surface area contributed by atoms with Crippen LogP contribution in [0.5, 0.6) is 23.0 Å². The molecule has 2 aliphatic rings. The third-order valence-corrected chi connectivity index (χ3v) is 6.42. The number of carbonyl (C=O) groups is 1. The number of rotatable bonds is 6. The van der Waals surface area contributed by atoms with Crippen molar-refractivity contribution >= 4 is 5.97 Å². The SMILES string of the molecule is Cc1cccc(C)c1Oc1ccc(F)c2c1CC[C@H]2Oc1ccc2c(c1)OCC2CC(=O)O. The molecule has 170 valence electrons. The Hall–Kier alpha value is -3.54. The van der Waals surface area contributed by atoms with Gasteiger partial charge in [0.2, 0.25) is 0 Å². The van der Waals surface area contributed by atoms with Gasteiger partial charge in [-0.1, -0.05) is 24.3 Å². The number of carboxylic acid groups (broad SMARTS) is 1. The molecule has 0 amide bonds. The van der Waals surface area contributed by atoms with E-state index in [1.165, 1.54) is 6.07 Å². The Kier molecular flexibility index (Phi) is 5.44. The highest BCUT2D eigenvalue weighted by atomic mass is 19.1. The topological polar surface area (TPSA) is 65.0 Å². The van der Waals surface area contributed by atoms with Crippen molar-refractivity contribution in [2.45, 2.75) is 45.1 Å². The molecule has 1 N–H and O–H groups in total. The second-order valence-electron chi connectivity index (χ2n) is 8.71. The monoisotopic (exact) mass is 448 g/mol. The standard InChI is InChI=1S/C27H25FO5/c1-15-4-3-5-16(2)27(15)33-22-11-9-21(28)26-20(22)8-10-23(26)32-18-6-7-19-17(12-25(29)30)14-31-24(19)13-18/h3-7,9,11,13,17,23H,8,10,12,14H2,1-2H3,(H,29,30)/t17?,23-/m1/s1. The molecule has 1 unspecified atom stereocenters. The van der Waals surface area contributed by atoms with E-state index in [2.05, 4.69) is 0 Å². The summed E-state index contributed by atoms with van der Waals surface area (Å²) in [5, 5.41) is 9.08. The van der Waals surface area contributed by atoms with Crippen LogP contribution in [0.4, 0.5) is 4.39 Å². The van der Waals surface area contributed by atoms with Crippen molar-refractivity contribution < 1.29 is 28.5 Å². The number of ether oxygens (including phenoxy) is 3. The van der Waals surface area contributed by atoms with Gasteiger partial charge in [-0.15, -0.1) is 0 Å². The van der Waals surface area contributed by atoms with Crippen LogP contribution in [-0.2, 0) is 11.2 Å². The number of halogens is 1. The van der Waals surface area contributed by atoms with E-state index in [0.29, 0.717) is 42.3 Å². The number of aliphatic carboxylic acids is 1. The predicted molar refractivity (Wildman–Crippen MR) is 121 cm³/mol. The molecular weight excluding hydrogens is 423 g/mol. The number of hydrogen-bond acceptors (Lipinski definition) is 4. The van der Waals surface area contributed by atoms with Crippen LogP contribution in [0.25, 0.3) is 0 Å². The van der Waals surface area contributed by atoms with E-state index < -0.39 is 12.1 Å². The van der Waals surface area contributed by atoms with Gasteiger partial charge in [-0.25, -0.2) is 4.39 Å². The Bertz CT molecular complexity index is 1220. The van der Waals surface area contributed by atoms with Crippen molar-refractivity contribution in [1.82, 2.24) is 0 Å². The van der Waals surface area contributed by atoms with Crippen LogP contribution in [0, 0.1) is 19.7 Å². The van der Waals surface area contributed by atoms with Gasteiger partial charge < -0.3 is 19.3 Å². The highest BCUT2D eigenvalue weighted by Crippen LogP contribution is 2.44. The Morgan fingerprint density at radius 2 is 1.94 bits per heavy atom. The fraction of sp³-hybridized carbons (Fsp3) is 0.296. The number of para-hydroxylation sites is 1. The van der Waals surface area contributed by atoms with Crippen LogP contribution < -0.4 is 14.2 Å². The minimum absolute atomic E-state index is 0.0254. The van der Waals surface area contributed by atoms with Crippen molar-refractivity contribution in [3.63, 3.8) is 0 Å². The molecule has 0 radical (unpaired) electrons. The fourth-order valence-electron chi connectivity index (χ4n) is 4.80. The predicted octanol–water partition coefficient (Wildman–Crippen LogP) is 6.25. The second-order valence-corrected chi connectivity index (χ2v) is 8.71. The number of benzene rings is 3. The molecule has 33 heavy (non-hydrogen) atoms. The minimum Gasteiger partial charge on any atom is -0.492 e. The summed E-state index contributed by atoms with van der Waals surface area (Å²) in [6.45, 7) is 4.33. The molecule has 3 aromatic rings. The second kappa shape index (κ2) is 8.43. The van der Waals surface area contributed by atoms with E-state index in [1.807, 2.05) is 38.1 Å². The molecule has 6 heteroatoms. The minimum atomic E-state index is -0.853. The molecule has 0 fully saturated rings. The third-order valence-electron chi connectivity index (χ3n) is 6.42. The van der Waals surface area contributed by atoms with Crippen LogP contribution in [0.2, 0.25) is 0 Å². The summed E-state index contributed by atoms with van der Waals surface area (Å²) in [6, 6.07) is 14.5. The van der Waals surface area contributed by atoms with Gasteiger partial charge in [0.15, 0.2) is 0 Å². The first-order chi connectivity index (χ1) is 15.9. The Labute approximate surface area is 191 Å². The van der Waals surface area contributed by atoms with Gasteiger partial charge in [-0.05, 0) is 56.0 Å². The lowest BCUT2D eigenvalue weighted by Gasteiger charge is -2.18. The summed E-state index contributed by atoms with van der Waals surface area (Å²) < 4.78 is 33.0. The van der Waals surface area contributed by atoms with Crippen LogP contribution >= 0.6 is 0 Å². The van der Waals surface area contributed by atoms with Gasteiger partial charge >= 0.3 is 5.97 Å². The van der Waals surface area contributed by atoms with Crippen LogP contribution in [0.1, 0.15) is 52.7 Å². The maximum Gasteiger partial charge on any atom is 0.304 e. The van der Waals surface area contributed by atoms with Gasteiger partial charge in [0.05, 0.1) is 13.0 Å². The normalized spacial score (nSPS) is 18.4. The summed E-state index contributed by atoms with van der Waals surface area (Å²) in [4.78, 5) is 11.1. The first kappa shape index (κ1) is 21.3. The molecule has 2 atom stereocenters. The van der Waals surface area contributed by atoms with E-state index in [9.17, 15) is 9.18 Å². The molecule has 0 saturated heterocycles. The highest BCUT2D eigenvalue weighted by molar-refractivity contribution is 5.68. The summed E-state index contributed by atoms with van der Waals surface area (Å²) in [6.07, 6.45) is 0.882. The van der Waals surface area contributed by atoms with E-state index in [4.69, 9.17) is 19.3 Å². The average Bonchev–Trinajstić information content (AvgIpc) is 3.37. The van der Waals surface area contributed by atoms with Gasteiger partial charge in [-0.2, -0.15) is 0 Å².